The fourth-order valence-electron chi connectivity index (χ4n) is 5.11. The molecule has 0 atom stereocenters. The van der Waals surface area contributed by atoms with Crippen LogP contribution in [0.2, 0.25) is 0 Å². The summed E-state index contributed by atoms with van der Waals surface area (Å²) in [5.41, 5.74) is 3.40. The minimum atomic E-state index is -4.00. The zero-order valence-corrected chi connectivity index (χ0v) is 29.5. The molecule has 1 fully saturated rings. The third-order valence-electron chi connectivity index (χ3n) is 7.82. The van der Waals surface area contributed by atoms with Crippen LogP contribution in [-0.4, -0.2) is 77.9 Å². The second kappa shape index (κ2) is 15.0. The lowest BCUT2D eigenvalue weighted by Gasteiger charge is -2.26. The van der Waals surface area contributed by atoms with Gasteiger partial charge in [0.05, 0.1) is 34.0 Å². The van der Waals surface area contributed by atoms with Crippen LogP contribution in [0, 0.1) is 0 Å². The van der Waals surface area contributed by atoms with Crippen LogP contribution in [0.4, 0.5) is 16.3 Å². The molecule has 1 aliphatic heterocycles. The summed E-state index contributed by atoms with van der Waals surface area (Å²) in [5, 5.41) is 9.45. The Morgan fingerprint density at radius 3 is 2.40 bits per heavy atom. The highest BCUT2D eigenvalue weighted by atomic mass is 32.2. The molecule has 0 unspecified atom stereocenters. The monoisotopic (exact) mass is 718 g/mol. The summed E-state index contributed by atoms with van der Waals surface area (Å²) in [5.74, 6) is 1.94. The number of rotatable bonds is 8. The predicted molar refractivity (Wildman–Crippen MR) is 193 cm³/mol. The number of nitrogens with one attached hydrogen (secondary N) is 2. The van der Waals surface area contributed by atoms with Crippen LogP contribution in [-0.2, 0) is 20.3 Å². The fourth-order valence-corrected chi connectivity index (χ4v) is 6.65. The second-order valence-corrected chi connectivity index (χ2v) is 15.0. The van der Waals surface area contributed by atoms with Crippen LogP contribution in [0.1, 0.15) is 26.5 Å². The number of nitrogens with zero attached hydrogens (tertiary/aromatic N) is 4. The van der Waals surface area contributed by atoms with E-state index in [2.05, 4.69) is 37.2 Å². The SMILES string of the molecule is CC(C)(C)c1cc(NC(=O)Nc2ccc(-c3cn4c(n3)sc3cc(OCCN5CCOCC5)ccc34)cc2)no1.O=S(=O)(O)c1ccccc1. The molecule has 3 N–H and O–H groups in total. The molecule has 2 amide bonds. The smallest absolute Gasteiger partial charge is 0.324 e. The number of carbonyl (C=O) groups is 1. The molecule has 7 rings (SSSR count). The van der Waals surface area contributed by atoms with Gasteiger partial charge in [0, 0.05) is 48.6 Å². The van der Waals surface area contributed by atoms with E-state index >= 15 is 0 Å². The third kappa shape index (κ3) is 8.86. The summed E-state index contributed by atoms with van der Waals surface area (Å²) in [6, 6.07) is 22.5. The first-order chi connectivity index (χ1) is 23.9. The topological polar surface area (TPSA) is 161 Å². The van der Waals surface area contributed by atoms with E-state index in [1.54, 1.807) is 35.6 Å². The van der Waals surface area contributed by atoms with Gasteiger partial charge in [0.25, 0.3) is 10.1 Å². The van der Waals surface area contributed by atoms with Crippen molar-refractivity contribution in [3.8, 4) is 17.0 Å². The van der Waals surface area contributed by atoms with Crippen molar-refractivity contribution in [3.63, 3.8) is 0 Å². The number of carbonyl (C=O) groups excluding carboxylic acids is 1. The van der Waals surface area contributed by atoms with Crippen molar-refractivity contribution in [2.24, 2.45) is 0 Å². The molecule has 0 bridgehead atoms. The van der Waals surface area contributed by atoms with Crippen LogP contribution in [0.3, 0.4) is 0 Å². The van der Waals surface area contributed by atoms with Crippen molar-refractivity contribution >= 4 is 54.2 Å². The first-order valence-corrected chi connectivity index (χ1v) is 18.2. The number of fused-ring (bicyclic) bond motifs is 3. The fraction of sp³-hybridized carbons (Fsp3) is 0.286. The zero-order valence-electron chi connectivity index (χ0n) is 27.8. The minimum Gasteiger partial charge on any atom is -0.492 e. The summed E-state index contributed by atoms with van der Waals surface area (Å²) in [6.45, 7) is 11.1. The minimum absolute atomic E-state index is 0.0741. The summed E-state index contributed by atoms with van der Waals surface area (Å²) in [7, 11) is -4.00. The van der Waals surface area contributed by atoms with Gasteiger partial charge in [-0.25, -0.2) is 9.78 Å². The Morgan fingerprint density at radius 2 is 1.74 bits per heavy atom. The Bertz CT molecular complexity index is 2170. The van der Waals surface area contributed by atoms with E-state index in [1.807, 2.05) is 57.3 Å². The van der Waals surface area contributed by atoms with Gasteiger partial charge in [-0.2, -0.15) is 8.42 Å². The molecule has 0 aliphatic carbocycles. The van der Waals surface area contributed by atoms with Crippen molar-refractivity contribution < 1.29 is 31.8 Å². The van der Waals surface area contributed by atoms with E-state index in [0.29, 0.717) is 23.9 Å². The molecular weight excluding hydrogens is 681 g/mol. The largest absolute Gasteiger partial charge is 0.492 e. The van der Waals surface area contributed by atoms with Gasteiger partial charge >= 0.3 is 6.03 Å². The number of anilines is 2. The number of thiazole rings is 1. The number of hydrogen-bond acceptors (Lipinski definition) is 10. The van der Waals surface area contributed by atoms with Gasteiger partial charge in [0.2, 0.25) is 0 Å². The molecule has 50 heavy (non-hydrogen) atoms. The summed E-state index contributed by atoms with van der Waals surface area (Å²) >= 11 is 1.63. The molecule has 13 nitrogen and oxygen atoms in total. The van der Waals surface area contributed by atoms with Crippen LogP contribution in [0.5, 0.6) is 5.75 Å². The molecule has 4 heterocycles. The molecule has 1 saturated heterocycles. The molecular formula is C35H38N6O7S2. The quantitative estimate of drug-likeness (QED) is 0.143. The van der Waals surface area contributed by atoms with Crippen molar-refractivity contribution in [2.45, 2.75) is 31.1 Å². The van der Waals surface area contributed by atoms with Gasteiger partial charge < -0.3 is 19.3 Å². The highest BCUT2D eigenvalue weighted by Gasteiger charge is 2.20. The number of hydrogen-bond donors (Lipinski definition) is 3. The van der Waals surface area contributed by atoms with Crippen LogP contribution < -0.4 is 15.4 Å². The van der Waals surface area contributed by atoms with E-state index < -0.39 is 10.1 Å². The van der Waals surface area contributed by atoms with Crippen LogP contribution >= 0.6 is 11.3 Å². The number of imidazole rings is 1. The van der Waals surface area contributed by atoms with E-state index in [4.69, 9.17) is 23.5 Å². The molecule has 0 saturated carbocycles. The van der Waals surface area contributed by atoms with Gasteiger partial charge in [0.1, 0.15) is 18.1 Å². The lowest BCUT2D eigenvalue weighted by Crippen LogP contribution is -2.38. The number of morpholine rings is 1. The molecule has 3 aromatic carbocycles. The van der Waals surface area contributed by atoms with E-state index in [0.717, 1.165) is 65.0 Å². The first kappa shape index (κ1) is 35.0. The summed E-state index contributed by atoms with van der Waals surface area (Å²) in [6.07, 6.45) is 2.04. The Morgan fingerprint density at radius 1 is 1.00 bits per heavy atom. The average molecular weight is 719 g/mol. The van der Waals surface area contributed by atoms with Crippen LogP contribution in [0.15, 0.2) is 94.5 Å². The Labute approximate surface area is 293 Å². The summed E-state index contributed by atoms with van der Waals surface area (Å²) < 4.78 is 49.2. The molecule has 0 radical (unpaired) electrons. The van der Waals surface area contributed by atoms with Gasteiger partial charge in [-0.1, -0.05) is 67.6 Å². The average Bonchev–Trinajstić information content (AvgIpc) is 3.81. The molecule has 1 aliphatic rings. The van der Waals surface area contributed by atoms with Crippen molar-refractivity contribution in [1.29, 1.82) is 0 Å². The second-order valence-electron chi connectivity index (χ2n) is 12.6. The van der Waals surface area contributed by atoms with Gasteiger partial charge in [-0.3, -0.25) is 19.2 Å². The van der Waals surface area contributed by atoms with E-state index in [9.17, 15) is 13.2 Å². The maximum atomic E-state index is 12.4. The molecule has 262 valence electrons. The van der Waals surface area contributed by atoms with Crippen LogP contribution in [0.25, 0.3) is 26.4 Å². The number of aromatic nitrogens is 3. The number of urea groups is 1. The molecule has 3 aromatic heterocycles. The van der Waals surface area contributed by atoms with Crippen molar-refractivity contribution in [3.05, 3.63) is 90.8 Å². The zero-order chi connectivity index (χ0) is 35.3. The third-order valence-corrected chi connectivity index (χ3v) is 9.70. The number of ether oxygens (including phenoxy) is 2. The van der Waals surface area contributed by atoms with Crippen molar-refractivity contribution in [1.82, 2.24) is 19.4 Å². The maximum absolute atomic E-state index is 12.4. The molecule has 0 spiro atoms. The van der Waals surface area contributed by atoms with Gasteiger partial charge in [-0.05, 0) is 42.5 Å². The van der Waals surface area contributed by atoms with Gasteiger partial charge in [-0.15, -0.1) is 0 Å². The maximum Gasteiger partial charge on any atom is 0.324 e. The number of amides is 2. The summed E-state index contributed by atoms with van der Waals surface area (Å²) in [4.78, 5) is 20.5. The predicted octanol–water partition coefficient (Wildman–Crippen LogP) is 6.79. The standard InChI is InChI=1S/C29H32N6O4S.C6H6O3S/c1-29(2,3)25-17-26(33-39-25)32-27(36)30-20-6-4-19(5-7-20)22-18-35-23-9-8-21(16-24(23)40-28(35)31-22)38-15-12-34-10-13-37-14-11-34;7-10(8,9)6-4-2-1-3-5-6/h4-9,16-18H,10-15H2,1-3H3,(H2,30,32,33,36);1-5H,(H,7,8,9). The highest BCUT2D eigenvalue weighted by Crippen LogP contribution is 2.32. The Balaban J connectivity index is 0.000000373. The lowest BCUT2D eigenvalue weighted by molar-refractivity contribution is 0.0322. The normalized spacial score (nSPS) is 13.9. The molecule has 15 heteroatoms. The van der Waals surface area contributed by atoms with Gasteiger partial charge in [0.15, 0.2) is 10.8 Å². The highest BCUT2D eigenvalue weighted by molar-refractivity contribution is 7.85. The molecule has 6 aromatic rings. The van der Waals surface area contributed by atoms with Crippen molar-refractivity contribution in [2.75, 3.05) is 50.1 Å². The Kier molecular flexibility index (Phi) is 10.5. The lowest BCUT2D eigenvalue weighted by atomic mass is 9.93. The van der Waals surface area contributed by atoms with E-state index in [-0.39, 0.29) is 16.3 Å². The Hall–Kier alpha value is -4.80. The number of benzene rings is 3. The van der Waals surface area contributed by atoms with E-state index in [1.165, 1.54) is 12.1 Å². The first-order valence-electron chi connectivity index (χ1n) is 16.0.